The molecule has 3 aromatic carbocycles. The number of rotatable bonds is 9. The fourth-order valence-electron chi connectivity index (χ4n) is 7.93. The van der Waals surface area contributed by atoms with Gasteiger partial charge < -0.3 is 9.84 Å². The summed E-state index contributed by atoms with van der Waals surface area (Å²) < 4.78 is 6.49. The number of benzene rings is 3. The molecule has 4 bridgehead atoms. The van der Waals surface area contributed by atoms with Crippen molar-refractivity contribution in [2.45, 2.75) is 63.2 Å². The van der Waals surface area contributed by atoms with E-state index in [1.807, 2.05) is 24.1 Å². The second-order valence-corrected chi connectivity index (χ2v) is 11.6. The molecule has 1 N–H and O–H groups in total. The number of fused-ring (bicyclic) bond motifs is 1. The molecule has 4 aliphatic carbocycles. The molecule has 4 heteroatoms. The molecule has 0 saturated heterocycles. The van der Waals surface area contributed by atoms with Crippen molar-refractivity contribution in [2.75, 3.05) is 6.61 Å². The molecule has 0 aromatic heterocycles. The standard InChI is InChI=1S/C33H34O4/c34-11-5-1-2-6-12-37-31-18-25-9-10-26(28-7-3-4-8-29(28)32(35)36)16-27(25)17-30(31)33-19-22-13-23(20-33)15-24(14-22)21-33/h3-5,7-10,16-18,22-24H,1-2,6,12-15,19-21H2,(H,35,36). The maximum Gasteiger partial charge on any atom is 0.336 e. The van der Waals surface area contributed by atoms with E-state index in [0.717, 1.165) is 64.7 Å². The van der Waals surface area contributed by atoms with Gasteiger partial charge in [-0.2, -0.15) is 0 Å². The molecule has 0 heterocycles. The highest BCUT2D eigenvalue weighted by Gasteiger charge is 2.52. The summed E-state index contributed by atoms with van der Waals surface area (Å²) in [4.78, 5) is 22.3. The topological polar surface area (TPSA) is 63.6 Å². The van der Waals surface area contributed by atoms with Crippen LogP contribution >= 0.6 is 0 Å². The van der Waals surface area contributed by atoms with E-state index in [0.29, 0.717) is 12.2 Å². The maximum atomic E-state index is 11.9. The molecule has 4 nitrogen and oxygen atoms in total. The van der Waals surface area contributed by atoms with E-state index in [2.05, 4.69) is 24.3 Å². The van der Waals surface area contributed by atoms with E-state index in [1.54, 1.807) is 18.2 Å². The summed E-state index contributed by atoms with van der Waals surface area (Å²) in [6.45, 7) is 0.641. The van der Waals surface area contributed by atoms with Crippen molar-refractivity contribution in [1.29, 1.82) is 0 Å². The number of hydrogen-bond acceptors (Lipinski definition) is 3. The van der Waals surface area contributed by atoms with Crippen LogP contribution in [0.2, 0.25) is 0 Å². The van der Waals surface area contributed by atoms with Crippen LogP contribution in [0.3, 0.4) is 0 Å². The van der Waals surface area contributed by atoms with Crippen molar-refractivity contribution in [1.82, 2.24) is 0 Å². The van der Waals surface area contributed by atoms with Crippen LogP contribution in [0.5, 0.6) is 5.75 Å². The summed E-state index contributed by atoms with van der Waals surface area (Å²) in [6.07, 6.45) is 12.1. The first-order valence-corrected chi connectivity index (χ1v) is 13.8. The summed E-state index contributed by atoms with van der Waals surface area (Å²) >= 11 is 0. The summed E-state index contributed by atoms with van der Waals surface area (Å²) in [6, 6.07) is 18.1. The molecule has 37 heavy (non-hydrogen) atoms. The molecule has 4 fully saturated rings. The Morgan fingerprint density at radius 3 is 2.38 bits per heavy atom. The van der Waals surface area contributed by atoms with Gasteiger partial charge in [0.05, 0.1) is 12.2 Å². The molecule has 0 atom stereocenters. The lowest BCUT2D eigenvalue weighted by atomic mass is 9.48. The predicted molar refractivity (Wildman–Crippen MR) is 146 cm³/mol. The largest absolute Gasteiger partial charge is 0.493 e. The number of allylic oxidation sites excluding steroid dienone is 1. The number of carbonyl (C=O) groups excluding carboxylic acids is 1. The van der Waals surface area contributed by atoms with E-state index in [4.69, 9.17) is 4.74 Å². The Kier molecular flexibility index (Phi) is 6.38. The molecule has 0 unspecified atom stereocenters. The fraction of sp³-hybridized carbons (Fsp3) is 0.424. The molecule has 4 saturated carbocycles. The Labute approximate surface area is 218 Å². The number of aromatic carboxylic acids is 1. The monoisotopic (exact) mass is 494 g/mol. The van der Waals surface area contributed by atoms with Crippen LogP contribution < -0.4 is 4.74 Å². The normalized spacial score (nSPS) is 25.7. The minimum absolute atomic E-state index is 0.188. The Balaban J connectivity index is 1.40. The van der Waals surface area contributed by atoms with E-state index in [9.17, 15) is 14.7 Å². The average molecular weight is 495 g/mol. The third kappa shape index (κ3) is 4.60. The average Bonchev–Trinajstić information content (AvgIpc) is 2.89. The van der Waals surface area contributed by atoms with Gasteiger partial charge in [0.25, 0.3) is 0 Å². The van der Waals surface area contributed by atoms with E-state index < -0.39 is 5.97 Å². The SMILES string of the molecule is O=C=CCCCCOc1cc2ccc(-c3ccccc3C(=O)O)cc2cc1C12CC3CC(CC(C3)C1)C2. The zero-order valence-electron chi connectivity index (χ0n) is 21.2. The molecule has 0 radical (unpaired) electrons. The highest BCUT2D eigenvalue weighted by Crippen LogP contribution is 2.62. The highest BCUT2D eigenvalue weighted by atomic mass is 16.5. The van der Waals surface area contributed by atoms with Gasteiger partial charge in [-0.15, -0.1) is 0 Å². The van der Waals surface area contributed by atoms with Crippen molar-refractivity contribution < 1.29 is 19.4 Å². The van der Waals surface area contributed by atoms with Gasteiger partial charge in [0, 0.05) is 5.56 Å². The second kappa shape index (κ2) is 9.84. The fourth-order valence-corrected chi connectivity index (χ4v) is 7.93. The van der Waals surface area contributed by atoms with Crippen LogP contribution in [0.4, 0.5) is 0 Å². The number of carboxylic acids is 1. The van der Waals surface area contributed by atoms with Crippen LogP contribution in [0.1, 0.15) is 73.7 Å². The minimum Gasteiger partial charge on any atom is -0.493 e. The predicted octanol–water partition coefficient (Wildman–Crippen LogP) is 7.61. The Bertz CT molecular complexity index is 1350. The van der Waals surface area contributed by atoms with Crippen LogP contribution in [0.25, 0.3) is 21.9 Å². The van der Waals surface area contributed by atoms with E-state index >= 15 is 0 Å². The number of carbonyl (C=O) groups is 1. The lowest BCUT2D eigenvalue weighted by molar-refractivity contribution is -0.00633. The van der Waals surface area contributed by atoms with Crippen molar-refractivity contribution in [3.63, 3.8) is 0 Å². The Hall–Kier alpha value is -3.36. The molecular weight excluding hydrogens is 460 g/mol. The van der Waals surface area contributed by atoms with Gasteiger partial charge in [0.2, 0.25) is 0 Å². The van der Waals surface area contributed by atoms with Crippen LogP contribution in [0, 0.1) is 17.8 Å². The summed E-state index contributed by atoms with van der Waals surface area (Å²) in [5, 5.41) is 12.0. The van der Waals surface area contributed by atoms with Gasteiger partial charge in [0.1, 0.15) is 11.7 Å². The summed E-state index contributed by atoms with van der Waals surface area (Å²) in [5.41, 5.74) is 3.55. The third-order valence-electron chi connectivity index (χ3n) is 9.10. The minimum atomic E-state index is -0.905. The van der Waals surface area contributed by atoms with E-state index in [1.165, 1.54) is 44.1 Å². The molecule has 7 rings (SSSR count). The zero-order chi connectivity index (χ0) is 25.4. The van der Waals surface area contributed by atoms with Crippen molar-refractivity contribution in [3.05, 3.63) is 71.8 Å². The molecule has 190 valence electrons. The molecular formula is C33H34O4. The first-order valence-electron chi connectivity index (χ1n) is 13.8. The first-order chi connectivity index (χ1) is 18.0. The van der Waals surface area contributed by atoms with Crippen molar-refractivity contribution >= 4 is 22.7 Å². The van der Waals surface area contributed by atoms with Gasteiger partial charge in [-0.1, -0.05) is 30.3 Å². The molecule has 0 amide bonds. The Morgan fingerprint density at radius 1 is 0.946 bits per heavy atom. The van der Waals surface area contributed by atoms with Gasteiger partial charge in [-0.3, -0.25) is 0 Å². The zero-order valence-corrected chi connectivity index (χ0v) is 21.2. The van der Waals surface area contributed by atoms with Gasteiger partial charge >= 0.3 is 5.97 Å². The smallest absolute Gasteiger partial charge is 0.336 e. The first kappa shape index (κ1) is 24.0. The van der Waals surface area contributed by atoms with Gasteiger partial charge in [0.15, 0.2) is 0 Å². The molecule has 3 aromatic rings. The van der Waals surface area contributed by atoms with Crippen molar-refractivity contribution in [3.8, 4) is 16.9 Å². The van der Waals surface area contributed by atoms with Gasteiger partial charge in [-0.25, -0.2) is 9.59 Å². The van der Waals surface area contributed by atoms with Crippen molar-refractivity contribution in [2.24, 2.45) is 17.8 Å². The maximum absolute atomic E-state index is 11.9. The van der Waals surface area contributed by atoms with Crippen LogP contribution in [-0.4, -0.2) is 23.6 Å². The number of ether oxygens (including phenoxy) is 1. The van der Waals surface area contributed by atoms with Gasteiger partial charge in [-0.05, 0) is 133 Å². The van der Waals surface area contributed by atoms with Crippen LogP contribution in [-0.2, 0) is 10.2 Å². The number of carboxylic acid groups (broad SMARTS) is 1. The highest BCUT2D eigenvalue weighted by molar-refractivity contribution is 5.98. The van der Waals surface area contributed by atoms with Crippen LogP contribution in [0.15, 0.2) is 60.7 Å². The number of hydrogen-bond donors (Lipinski definition) is 1. The summed E-state index contributed by atoms with van der Waals surface area (Å²) in [7, 11) is 0. The molecule has 0 aliphatic heterocycles. The quantitative estimate of drug-likeness (QED) is 0.246. The number of unbranched alkanes of at least 4 members (excludes halogenated alkanes) is 2. The molecule has 4 aliphatic rings. The molecule has 0 spiro atoms. The van der Waals surface area contributed by atoms with E-state index in [-0.39, 0.29) is 5.41 Å². The second-order valence-electron chi connectivity index (χ2n) is 11.6. The lowest BCUT2D eigenvalue weighted by Crippen LogP contribution is -2.48. The Morgan fingerprint density at radius 2 is 1.68 bits per heavy atom. The third-order valence-corrected chi connectivity index (χ3v) is 9.10. The lowest BCUT2D eigenvalue weighted by Gasteiger charge is -2.57. The summed E-state index contributed by atoms with van der Waals surface area (Å²) in [5.74, 6) is 4.46.